The average molecular weight is 281 g/mol. The third kappa shape index (κ3) is 5.71. The molecule has 6 heteroatoms. The highest BCUT2D eigenvalue weighted by molar-refractivity contribution is 5.78. The SMILES string of the molecule is CCOc1ccc(CC(=O)NCCC(O)C(=O)O)cc1. The zero-order valence-corrected chi connectivity index (χ0v) is 11.3. The second-order valence-electron chi connectivity index (χ2n) is 4.25. The summed E-state index contributed by atoms with van der Waals surface area (Å²) in [7, 11) is 0. The lowest BCUT2D eigenvalue weighted by atomic mass is 10.1. The van der Waals surface area contributed by atoms with E-state index in [-0.39, 0.29) is 25.3 Å². The van der Waals surface area contributed by atoms with E-state index in [0.29, 0.717) is 6.61 Å². The van der Waals surface area contributed by atoms with Crippen LogP contribution in [-0.4, -0.2) is 41.3 Å². The summed E-state index contributed by atoms with van der Waals surface area (Å²) in [6.45, 7) is 2.61. The van der Waals surface area contributed by atoms with Gasteiger partial charge in [0.25, 0.3) is 0 Å². The van der Waals surface area contributed by atoms with Gasteiger partial charge < -0.3 is 20.3 Å². The van der Waals surface area contributed by atoms with Crippen LogP contribution in [0.2, 0.25) is 0 Å². The number of aliphatic hydroxyl groups excluding tert-OH is 1. The summed E-state index contributed by atoms with van der Waals surface area (Å²) < 4.78 is 5.30. The van der Waals surface area contributed by atoms with E-state index in [9.17, 15) is 9.59 Å². The number of carboxylic acids is 1. The van der Waals surface area contributed by atoms with Gasteiger partial charge >= 0.3 is 5.97 Å². The van der Waals surface area contributed by atoms with Gasteiger partial charge in [-0.05, 0) is 24.6 Å². The number of ether oxygens (including phenoxy) is 1. The Morgan fingerprint density at radius 3 is 2.50 bits per heavy atom. The minimum atomic E-state index is -1.44. The lowest BCUT2D eigenvalue weighted by molar-refractivity contribution is -0.147. The van der Waals surface area contributed by atoms with Crippen molar-refractivity contribution in [2.45, 2.75) is 25.9 Å². The molecule has 0 aliphatic heterocycles. The Morgan fingerprint density at radius 1 is 1.30 bits per heavy atom. The molecule has 0 aliphatic carbocycles. The van der Waals surface area contributed by atoms with Gasteiger partial charge in [-0.25, -0.2) is 4.79 Å². The Labute approximate surface area is 117 Å². The molecule has 110 valence electrons. The van der Waals surface area contributed by atoms with E-state index in [2.05, 4.69) is 5.32 Å². The minimum absolute atomic E-state index is 0.00957. The summed E-state index contributed by atoms with van der Waals surface area (Å²) in [5.41, 5.74) is 0.838. The second-order valence-corrected chi connectivity index (χ2v) is 4.25. The first-order valence-electron chi connectivity index (χ1n) is 6.42. The molecule has 0 fully saturated rings. The number of amides is 1. The van der Waals surface area contributed by atoms with Crippen LogP contribution < -0.4 is 10.1 Å². The summed E-state index contributed by atoms with van der Waals surface area (Å²) in [4.78, 5) is 22.0. The van der Waals surface area contributed by atoms with E-state index >= 15 is 0 Å². The number of rotatable bonds is 8. The molecule has 1 aromatic rings. The van der Waals surface area contributed by atoms with Gasteiger partial charge in [0.05, 0.1) is 13.0 Å². The summed E-state index contributed by atoms with van der Waals surface area (Å²) in [6.07, 6.45) is -1.25. The van der Waals surface area contributed by atoms with Crippen molar-refractivity contribution in [1.82, 2.24) is 5.32 Å². The van der Waals surface area contributed by atoms with Crippen molar-refractivity contribution in [1.29, 1.82) is 0 Å². The van der Waals surface area contributed by atoms with Crippen LogP contribution in [0.4, 0.5) is 0 Å². The maximum Gasteiger partial charge on any atom is 0.332 e. The van der Waals surface area contributed by atoms with Crippen LogP contribution in [0.15, 0.2) is 24.3 Å². The van der Waals surface area contributed by atoms with E-state index in [1.807, 2.05) is 6.92 Å². The maximum atomic E-state index is 11.6. The largest absolute Gasteiger partial charge is 0.494 e. The van der Waals surface area contributed by atoms with Crippen molar-refractivity contribution >= 4 is 11.9 Å². The normalized spacial score (nSPS) is 11.7. The van der Waals surface area contributed by atoms with Gasteiger partial charge in [0.2, 0.25) is 5.91 Å². The molecule has 1 amide bonds. The fraction of sp³-hybridized carbons (Fsp3) is 0.429. The molecular weight excluding hydrogens is 262 g/mol. The number of nitrogens with one attached hydrogen (secondary N) is 1. The van der Waals surface area contributed by atoms with Crippen molar-refractivity contribution in [2.24, 2.45) is 0 Å². The Morgan fingerprint density at radius 2 is 1.95 bits per heavy atom. The summed E-state index contributed by atoms with van der Waals surface area (Å²) >= 11 is 0. The number of hydrogen-bond donors (Lipinski definition) is 3. The fourth-order valence-electron chi connectivity index (χ4n) is 1.59. The average Bonchev–Trinajstić information content (AvgIpc) is 2.41. The smallest absolute Gasteiger partial charge is 0.332 e. The Balaban J connectivity index is 2.33. The Kier molecular flexibility index (Phi) is 6.52. The van der Waals surface area contributed by atoms with Gasteiger partial charge in [-0.2, -0.15) is 0 Å². The number of aliphatic carboxylic acids is 1. The molecule has 6 nitrogen and oxygen atoms in total. The summed E-state index contributed by atoms with van der Waals surface area (Å²) in [6, 6.07) is 7.19. The first-order valence-corrected chi connectivity index (χ1v) is 6.42. The van der Waals surface area contributed by atoms with Gasteiger partial charge in [0.1, 0.15) is 5.75 Å². The highest BCUT2D eigenvalue weighted by Crippen LogP contribution is 2.12. The van der Waals surface area contributed by atoms with Crippen molar-refractivity contribution < 1.29 is 24.5 Å². The number of benzene rings is 1. The van der Waals surface area contributed by atoms with Crippen molar-refractivity contribution in [2.75, 3.05) is 13.2 Å². The lowest BCUT2D eigenvalue weighted by Gasteiger charge is -2.08. The molecule has 1 atom stereocenters. The maximum absolute atomic E-state index is 11.6. The van der Waals surface area contributed by atoms with Gasteiger partial charge in [-0.1, -0.05) is 12.1 Å². The first kappa shape index (κ1) is 16.0. The highest BCUT2D eigenvalue weighted by atomic mass is 16.5. The standard InChI is InChI=1S/C14H19NO5/c1-2-20-11-5-3-10(4-6-11)9-13(17)15-8-7-12(16)14(18)19/h3-6,12,16H,2,7-9H2,1H3,(H,15,17)(H,18,19). The lowest BCUT2D eigenvalue weighted by Crippen LogP contribution is -2.30. The van der Waals surface area contributed by atoms with Crippen molar-refractivity contribution in [3.05, 3.63) is 29.8 Å². The van der Waals surface area contributed by atoms with E-state index in [4.69, 9.17) is 14.9 Å². The van der Waals surface area contributed by atoms with E-state index in [1.54, 1.807) is 24.3 Å². The molecule has 20 heavy (non-hydrogen) atoms. The van der Waals surface area contributed by atoms with Crippen LogP contribution in [-0.2, 0) is 16.0 Å². The fourth-order valence-corrected chi connectivity index (χ4v) is 1.59. The molecule has 0 bridgehead atoms. The predicted molar refractivity (Wildman–Crippen MR) is 72.6 cm³/mol. The highest BCUT2D eigenvalue weighted by Gasteiger charge is 2.12. The number of carboxylic acid groups (broad SMARTS) is 1. The molecule has 0 aromatic heterocycles. The quantitative estimate of drug-likeness (QED) is 0.648. The monoisotopic (exact) mass is 281 g/mol. The molecule has 0 spiro atoms. The molecule has 0 aliphatic rings. The molecule has 3 N–H and O–H groups in total. The molecular formula is C14H19NO5. The van der Waals surface area contributed by atoms with Crippen molar-refractivity contribution in [3.8, 4) is 5.75 Å². The number of aliphatic hydroxyl groups is 1. The van der Waals surface area contributed by atoms with E-state index < -0.39 is 12.1 Å². The van der Waals surface area contributed by atoms with Gasteiger partial charge in [0, 0.05) is 13.0 Å². The van der Waals surface area contributed by atoms with Crippen LogP contribution >= 0.6 is 0 Å². The minimum Gasteiger partial charge on any atom is -0.494 e. The molecule has 0 saturated heterocycles. The van der Waals surface area contributed by atoms with Crippen molar-refractivity contribution in [3.63, 3.8) is 0 Å². The Hall–Kier alpha value is -2.08. The molecule has 1 rings (SSSR count). The first-order chi connectivity index (χ1) is 9.52. The summed E-state index contributed by atoms with van der Waals surface area (Å²) in [5.74, 6) is -0.751. The number of carbonyl (C=O) groups excluding carboxylic acids is 1. The molecule has 1 aromatic carbocycles. The van der Waals surface area contributed by atoms with Gasteiger partial charge in [-0.15, -0.1) is 0 Å². The van der Waals surface area contributed by atoms with Crippen LogP contribution in [0.5, 0.6) is 5.75 Å². The Bertz CT molecular complexity index is 443. The third-order valence-electron chi connectivity index (χ3n) is 2.62. The third-order valence-corrected chi connectivity index (χ3v) is 2.62. The molecule has 0 saturated carbocycles. The second kappa shape index (κ2) is 8.16. The predicted octanol–water partition coefficient (Wildman–Crippen LogP) is 0.580. The number of carbonyl (C=O) groups is 2. The van der Waals surface area contributed by atoms with Crippen LogP contribution in [0, 0.1) is 0 Å². The zero-order chi connectivity index (χ0) is 15.0. The summed E-state index contributed by atoms with van der Waals surface area (Å²) in [5, 5.41) is 20.1. The molecule has 1 unspecified atom stereocenters. The van der Waals surface area contributed by atoms with E-state index in [1.165, 1.54) is 0 Å². The van der Waals surface area contributed by atoms with Crippen LogP contribution in [0.3, 0.4) is 0 Å². The van der Waals surface area contributed by atoms with Gasteiger partial charge in [-0.3, -0.25) is 4.79 Å². The van der Waals surface area contributed by atoms with E-state index in [0.717, 1.165) is 11.3 Å². The van der Waals surface area contributed by atoms with Gasteiger partial charge in [0.15, 0.2) is 6.10 Å². The topological polar surface area (TPSA) is 95.9 Å². The molecule has 0 radical (unpaired) electrons. The zero-order valence-electron chi connectivity index (χ0n) is 11.3. The number of hydrogen-bond acceptors (Lipinski definition) is 4. The van der Waals surface area contributed by atoms with Crippen LogP contribution in [0.1, 0.15) is 18.9 Å². The van der Waals surface area contributed by atoms with Crippen LogP contribution in [0.25, 0.3) is 0 Å². The molecule has 0 heterocycles.